The van der Waals surface area contributed by atoms with Crippen molar-refractivity contribution in [1.29, 1.82) is 0 Å². The topological polar surface area (TPSA) is 158 Å². The molecule has 0 radical (unpaired) electrons. The van der Waals surface area contributed by atoms with Crippen molar-refractivity contribution in [2.45, 2.75) is 51.2 Å². The van der Waals surface area contributed by atoms with Gasteiger partial charge in [0.05, 0.1) is 25.4 Å². The van der Waals surface area contributed by atoms with Crippen LogP contribution in [0.15, 0.2) is 51.1 Å². The van der Waals surface area contributed by atoms with Crippen LogP contribution in [0.1, 0.15) is 38.5 Å². The Labute approximate surface area is 227 Å². The summed E-state index contributed by atoms with van der Waals surface area (Å²) in [6.07, 6.45) is 0.0687. The van der Waals surface area contributed by atoms with Crippen LogP contribution in [0.2, 0.25) is 0 Å². The number of aromatic nitrogens is 2. The summed E-state index contributed by atoms with van der Waals surface area (Å²) in [7, 11) is -2.97. The Bertz CT molecular complexity index is 1280. The molecule has 14 heteroatoms. The molecule has 0 amide bonds. The maximum Gasteiger partial charge on any atom is 0.459 e. The molecule has 12 nitrogen and oxygen atoms in total. The number of carbonyl (C=O) groups is 1. The molecule has 0 aliphatic carbocycles. The number of hydrogen-bond acceptors (Lipinski definition) is 9. The number of carbonyl (C=O) groups excluding carboxylic acids is 1. The van der Waals surface area contributed by atoms with Crippen molar-refractivity contribution in [3.8, 4) is 5.75 Å². The normalized spacial score (nSPS) is 21.9. The first-order chi connectivity index (χ1) is 18.0. The first-order valence-electron chi connectivity index (χ1n) is 11.9. The van der Waals surface area contributed by atoms with E-state index in [0.717, 1.165) is 4.57 Å². The van der Waals surface area contributed by atoms with Crippen molar-refractivity contribution in [2.75, 3.05) is 13.7 Å². The van der Waals surface area contributed by atoms with E-state index in [1.807, 2.05) is 13.8 Å². The molecule has 1 aliphatic heterocycles. The summed E-state index contributed by atoms with van der Waals surface area (Å²) in [4.78, 5) is 40.4. The highest BCUT2D eigenvalue weighted by Gasteiger charge is 2.40. The molecule has 0 saturated carbocycles. The van der Waals surface area contributed by atoms with E-state index < -0.39 is 56.0 Å². The molecule has 1 fully saturated rings. The fraction of sp³-hybridized carbons (Fsp3) is 0.458. The average Bonchev–Trinajstić information content (AvgIpc) is 3.24. The molecule has 0 bridgehead atoms. The molecule has 1 saturated heterocycles. The number of aromatic amines is 1. The fourth-order valence-corrected chi connectivity index (χ4v) is 5.62. The molecule has 2 aromatic rings. The van der Waals surface area contributed by atoms with Gasteiger partial charge in [-0.2, -0.15) is 5.09 Å². The van der Waals surface area contributed by atoms with Gasteiger partial charge in [0.1, 0.15) is 24.1 Å². The van der Waals surface area contributed by atoms with E-state index in [0.29, 0.717) is 6.42 Å². The van der Waals surface area contributed by atoms with Crippen LogP contribution in [0.3, 0.4) is 0 Å². The van der Waals surface area contributed by atoms with Gasteiger partial charge in [0.25, 0.3) is 5.56 Å². The molecule has 38 heavy (non-hydrogen) atoms. The Hall–Kier alpha value is -2.54. The number of nitrogens with zero attached hydrogens (tertiary/aromatic N) is 1. The van der Waals surface area contributed by atoms with Gasteiger partial charge in [0.15, 0.2) is 0 Å². The second kappa shape index (κ2) is 13.5. The van der Waals surface area contributed by atoms with E-state index in [9.17, 15) is 24.1 Å². The second-order valence-corrected chi connectivity index (χ2v) is 11.2. The highest BCUT2D eigenvalue weighted by atomic mass is 79.9. The zero-order valence-electron chi connectivity index (χ0n) is 21.1. The van der Waals surface area contributed by atoms with E-state index in [2.05, 4.69) is 26.0 Å². The molecule has 208 valence electrons. The van der Waals surface area contributed by atoms with Crippen molar-refractivity contribution >= 4 is 35.7 Å². The molecule has 2 heterocycles. The third-order valence-corrected chi connectivity index (χ3v) is 7.47. The summed E-state index contributed by atoms with van der Waals surface area (Å²) in [6, 6.07) is 7.28. The van der Waals surface area contributed by atoms with E-state index in [-0.39, 0.29) is 23.7 Å². The Balaban J connectivity index is 1.80. The summed E-state index contributed by atoms with van der Waals surface area (Å²) in [5, 5.41) is 13.3. The number of para-hydroxylation sites is 1. The lowest BCUT2D eigenvalue weighted by molar-refractivity contribution is -0.143. The Morgan fingerprint density at radius 1 is 1.34 bits per heavy atom. The average molecular weight is 616 g/mol. The van der Waals surface area contributed by atoms with Gasteiger partial charge in [-0.05, 0) is 35.5 Å². The largest absolute Gasteiger partial charge is 0.468 e. The minimum Gasteiger partial charge on any atom is -0.468 e. The molecule has 0 spiro atoms. The number of esters is 1. The van der Waals surface area contributed by atoms with Crippen LogP contribution >= 0.6 is 23.7 Å². The number of benzene rings is 1. The lowest BCUT2D eigenvalue weighted by Crippen LogP contribution is -2.39. The van der Waals surface area contributed by atoms with Gasteiger partial charge in [-0.1, -0.05) is 48.0 Å². The van der Waals surface area contributed by atoms with E-state index in [1.54, 1.807) is 30.3 Å². The van der Waals surface area contributed by atoms with Gasteiger partial charge in [-0.15, -0.1) is 0 Å². The standard InChI is InChI=1S/C24H31BrN3O9P/c1-15(2)11-18(23(31)34-3)27-38(33,37-17-7-5-4-6-8-17)35-14-20-19(29)12-21(36-20)28-13-16(9-10-25)22(30)26-24(28)32/h4-10,13,15,18-21,29H,11-12,14H2,1-3H3,(H,27,33)(H,26,30,32)/t18-,19?,20?,21?,38?/m0/s1. The van der Waals surface area contributed by atoms with Gasteiger partial charge in [0.2, 0.25) is 0 Å². The van der Waals surface area contributed by atoms with Crippen LogP contribution in [0.4, 0.5) is 0 Å². The predicted molar refractivity (Wildman–Crippen MR) is 143 cm³/mol. The Morgan fingerprint density at radius 2 is 2.05 bits per heavy atom. The number of rotatable bonds is 12. The van der Waals surface area contributed by atoms with Crippen molar-refractivity contribution in [3.05, 3.63) is 67.9 Å². The highest BCUT2D eigenvalue weighted by Crippen LogP contribution is 2.46. The second-order valence-electron chi connectivity index (χ2n) is 9.01. The van der Waals surface area contributed by atoms with Crippen LogP contribution in [0.5, 0.6) is 5.75 Å². The first-order valence-corrected chi connectivity index (χ1v) is 14.3. The number of ether oxygens (including phenoxy) is 2. The van der Waals surface area contributed by atoms with Crippen molar-refractivity contribution in [1.82, 2.24) is 14.6 Å². The smallest absolute Gasteiger partial charge is 0.459 e. The molecular formula is C24H31BrN3O9P. The van der Waals surface area contributed by atoms with E-state index in [4.69, 9.17) is 18.5 Å². The maximum atomic E-state index is 13.8. The third kappa shape index (κ3) is 7.98. The lowest BCUT2D eigenvalue weighted by Gasteiger charge is -2.26. The number of aliphatic hydroxyl groups is 1. The van der Waals surface area contributed by atoms with Gasteiger partial charge in [0, 0.05) is 12.6 Å². The first kappa shape index (κ1) is 30.0. The minimum atomic E-state index is -4.20. The zero-order valence-corrected chi connectivity index (χ0v) is 23.6. The van der Waals surface area contributed by atoms with Gasteiger partial charge in [-0.25, -0.2) is 9.36 Å². The number of halogens is 1. The van der Waals surface area contributed by atoms with Crippen LogP contribution in [0, 0.1) is 5.92 Å². The number of hydrogen-bond donors (Lipinski definition) is 3. The van der Waals surface area contributed by atoms with Gasteiger partial charge >= 0.3 is 19.4 Å². The molecule has 3 N–H and O–H groups in total. The third-order valence-electron chi connectivity index (χ3n) is 5.64. The quantitative estimate of drug-likeness (QED) is 0.239. The summed E-state index contributed by atoms with van der Waals surface area (Å²) in [6.45, 7) is 3.39. The maximum absolute atomic E-state index is 13.8. The summed E-state index contributed by atoms with van der Waals surface area (Å²) in [5.74, 6) is -0.353. The van der Waals surface area contributed by atoms with Crippen molar-refractivity contribution < 1.29 is 33.0 Å². The molecule has 1 aromatic heterocycles. The molecular weight excluding hydrogens is 585 g/mol. The molecule has 3 rings (SSSR count). The number of aliphatic hydroxyl groups excluding tert-OH is 1. The lowest BCUT2D eigenvalue weighted by atomic mass is 10.1. The predicted octanol–water partition coefficient (Wildman–Crippen LogP) is 2.93. The zero-order chi connectivity index (χ0) is 27.9. The van der Waals surface area contributed by atoms with E-state index in [1.165, 1.54) is 24.4 Å². The van der Waals surface area contributed by atoms with Crippen LogP contribution < -0.4 is 20.9 Å². The molecule has 5 atom stereocenters. The van der Waals surface area contributed by atoms with E-state index >= 15 is 0 Å². The molecule has 1 aliphatic rings. The van der Waals surface area contributed by atoms with Crippen LogP contribution in [0.25, 0.3) is 6.08 Å². The molecule has 4 unspecified atom stereocenters. The fourth-order valence-electron chi connectivity index (χ4n) is 3.83. The van der Waals surface area contributed by atoms with Crippen molar-refractivity contribution in [3.63, 3.8) is 0 Å². The number of methoxy groups -OCH3 is 1. The van der Waals surface area contributed by atoms with Crippen LogP contribution in [-0.2, 0) is 23.4 Å². The Kier molecular flexibility index (Phi) is 10.7. The highest BCUT2D eigenvalue weighted by molar-refractivity contribution is 9.11. The monoisotopic (exact) mass is 615 g/mol. The summed E-state index contributed by atoms with van der Waals surface area (Å²) < 4.78 is 37.0. The van der Waals surface area contributed by atoms with Gasteiger partial charge in [-0.3, -0.25) is 23.7 Å². The van der Waals surface area contributed by atoms with Crippen LogP contribution in [-0.4, -0.2) is 52.6 Å². The summed E-state index contributed by atoms with van der Waals surface area (Å²) in [5.41, 5.74) is -1.09. The SMILES string of the molecule is COC(=O)[C@H](CC(C)C)NP(=O)(OCC1OC(n2cc(C=CBr)c(=O)[nH]c2=O)CC1O)Oc1ccccc1. The van der Waals surface area contributed by atoms with Crippen molar-refractivity contribution in [2.24, 2.45) is 5.92 Å². The molecule has 1 aromatic carbocycles. The minimum absolute atomic E-state index is 0.00680. The summed E-state index contributed by atoms with van der Waals surface area (Å²) >= 11 is 3.09. The Morgan fingerprint density at radius 3 is 2.68 bits per heavy atom. The number of H-pyrrole nitrogens is 1. The van der Waals surface area contributed by atoms with Gasteiger partial charge < -0.3 is 19.1 Å². The number of nitrogens with one attached hydrogen (secondary N) is 2.